The SMILES string of the molecule is COc1ccc(Cl)c2c1N(CC(F)(F)F)C(=O)C21CCN(c2nc3c(c(=O)[nH]2)CCCN3)CC1. The van der Waals surface area contributed by atoms with Gasteiger partial charge in [-0.2, -0.15) is 18.2 Å². The van der Waals surface area contributed by atoms with E-state index in [1.54, 1.807) is 6.07 Å². The molecule has 12 heteroatoms. The van der Waals surface area contributed by atoms with E-state index in [-0.39, 0.29) is 34.9 Å². The van der Waals surface area contributed by atoms with Crippen molar-refractivity contribution in [2.24, 2.45) is 0 Å². The summed E-state index contributed by atoms with van der Waals surface area (Å²) in [6.07, 6.45) is -2.66. The van der Waals surface area contributed by atoms with Gasteiger partial charge in [-0.3, -0.25) is 19.5 Å². The lowest BCUT2D eigenvalue weighted by Crippen LogP contribution is -2.50. The van der Waals surface area contributed by atoms with Gasteiger partial charge in [-0.25, -0.2) is 0 Å². The Kier molecular flexibility index (Phi) is 5.42. The number of hydrogen-bond donors (Lipinski definition) is 2. The lowest BCUT2D eigenvalue weighted by atomic mass is 9.73. The molecule has 2 N–H and O–H groups in total. The van der Waals surface area contributed by atoms with Gasteiger partial charge < -0.3 is 15.0 Å². The smallest absolute Gasteiger partial charge is 0.406 e. The summed E-state index contributed by atoms with van der Waals surface area (Å²) in [5, 5.41) is 3.37. The Bertz CT molecular complexity index is 1210. The van der Waals surface area contributed by atoms with Crippen LogP contribution in [0.3, 0.4) is 0 Å². The first-order valence-electron chi connectivity index (χ1n) is 11.0. The highest BCUT2D eigenvalue weighted by Crippen LogP contribution is 2.55. The van der Waals surface area contributed by atoms with Gasteiger partial charge in [0, 0.05) is 30.2 Å². The normalized spacial score (nSPS) is 19.1. The van der Waals surface area contributed by atoms with E-state index in [4.69, 9.17) is 16.3 Å². The minimum Gasteiger partial charge on any atom is -0.495 e. The molecule has 2 aromatic rings. The van der Waals surface area contributed by atoms with Crippen molar-refractivity contribution < 1.29 is 22.7 Å². The average Bonchev–Trinajstić information content (AvgIpc) is 3.02. The minimum atomic E-state index is -4.59. The van der Waals surface area contributed by atoms with Gasteiger partial charge in [-0.15, -0.1) is 0 Å². The van der Waals surface area contributed by atoms with Crippen molar-refractivity contribution in [3.63, 3.8) is 0 Å². The number of alkyl halides is 3. The van der Waals surface area contributed by atoms with Crippen LogP contribution in [0.25, 0.3) is 0 Å². The molecule has 3 aliphatic rings. The molecule has 1 spiro atoms. The zero-order valence-corrected chi connectivity index (χ0v) is 19.1. The number of anilines is 3. The van der Waals surface area contributed by atoms with Crippen molar-refractivity contribution in [1.29, 1.82) is 0 Å². The van der Waals surface area contributed by atoms with Gasteiger partial charge in [0.15, 0.2) is 0 Å². The van der Waals surface area contributed by atoms with Crippen molar-refractivity contribution in [1.82, 2.24) is 9.97 Å². The number of hydrogen-bond acceptors (Lipinski definition) is 6. The number of halogens is 4. The lowest BCUT2D eigenvalue weighted by molar-refractivity contribution is -0.135. The number of ether oxygens (including phenoxy) is 1. The van der Waals surface area contributed by atoms with E-state index in [1.807, 2.05) is 4.90 Å². The Labute approximate surface area is 198 Å². The number of fused-ring (bicyclic) bond motifs is 3. The van der Waals surface area contributed by atoms with Crippen LogP contribution in [0.2, 0.25) is 5.02 Å². The summed E-state index contributed by atoms with van der Waals surface area (Å²) >= 11 is 6.48. The zero-order chi connectivity index (χ0) is 24.3. The first-order chi connectivity index (χ1) is 16.1. The van der Waals surface area contributed by atoms with Crippen molar-refractivity contribution >= 4 is 35.0 Å². The number of carbonyl (C=O) groups excluding carboxylic acids is 1. The highest BCUT2D eigenvalue weighted by molar-refractivity contribution is 6.33. The molecule has 0 radical (unpaired) electrons. The maximum Gasteiger partial charge on any atom is 0.406 e. The van der Waals surface area contributed by atoms with Crippen molar-refractivity contribution in [2.75, 3.05) is 48.4 Å². The quantitative estimate of drug-likeness (QED) is 0.676. The Balaban J connectivity index is 1.50. The number of rotatable bonds is 3. The third kappa shape index (κ3) is 3.57. The molecular weight excluding hydrogens is 475 g/mol. The molecular formula is C22H23ClF3N5O3. The van der Waals surface area contributed by atoms with Crippen LogP contribution in [-0.4, -0.2) is 55.3 Å². The summed E-state index contributed by atoms with van der Waals surface area (Å²) < 4.78 is 45.5. The van der Waals surface area contributed by atoms with Crippen LogP contribution in [0.1, 0.15) is 30.4 Å². The number of benzene rings is 1. The van der Waals surface area contributed by atoms with Gasteiger partial charge in [0.05, 0.1) is 23.8 Å². The molecule has 5 rings (SSSR count). The Hall–Kier alpha value is -2.95. The zero-order valence-electron chi connectivity index (χ0n) is 18.4. The molecule has 0 aliphatic carbocycles. The first kappa shape index (κ1) is 22.8. The molecule has 1 saturated heterocycles. The number of aromatic amines is 1. The second-order valence-electron chi connectivity index (χ2n) is 8.80. The fourth-order valence-corrected chi connectivity index (χ4v) is 5.62. The van der Waals surface area contributed by atoms with E-state index < -0.39 is 24.0 Å². The van der Waals surface area contributed by atoms with Crippen LogP contribution < -0.4 is 25.4 Å². The highest BCUT2D eigenvalue weighted by atomic mass is 35.5. The fourth-order valence-electron chi connectivity index (χ4n) is 5.28. The maximum absolute atomic E-state index is 13.5. The van der Waals surface area contributed by atoms with Crippen molar-refractivity contribution in [3.8, 4) is 5.75 Å². The number of nitrogens with zero attached hydrogens (tertiary/aromatic N) is 3. The van der Waals surface area contributed by atoms with E-state index in [0.717, 1.165) is 17.9 Å². The molecule has 34 heavy (non-hydrogen) atoms. The molecule has 8 nitrogen and oxygen atoms in total. The number of H-pyrrole nitrogens is 1. The Morgan fingerprint density at radius 1 is 1.24 bits per heavy atom. The molecule has 0 atom stereocenters. The van der Waals surface area contributed by atoms with Crippen LogP contribution in [0.15, 0.2) is 16.9 Å². The highest BCUT2D eigenvalue weighted by Gasteiger charge is 2.56. The predicted octanol–water partition coefficient (Wildman–Crippen LogP) is 3.24. The minimum absolute atomic E-state index is 0.0790. The second kappa shape index (κ2) is 8.07. The fraction of sp³-hybridized carbons (Fsp3) is 0.500. The molecule has 0 unspecified atom stereocenters. The second-order valence-corrected chi connectivity index (χ2v) is 9.20. The van der Waals surface area contributed by atoms with Crippen molar-refractivity contribution in [3.05, 3.63) is 38.6 Å². The third-order valence-corrected chi connectivity index (χ3v) is 7.18. The number of nitrogens with one attached hydrogen (secondary N) is 2. The number of carbonyl (C=O) groups is 1. The maximum atomic E-state index is 13.5. The molecule has 1 fully saturated rings. The largest absolute Gasteiger partial charge is 0.495 e. The summed E-state index contributed by atoms with van der Waals surface area (Å²) in [4.78, 5) is 36.0. The van der Waals surface area contributed by atoms with E-state index in [1.165, 1.54) is 13.2 Å². The third-order valence-electron chi connectivity index (χ3n) is 6.87. The van der Waals surface area contributed by atoms with Gasteiger partial charge in [-0.1, -0.05) is 11.6 Å². The predicted molar refractivity (Wildman–Crippen MR) is 121 cm³/mol. The van der Waals surface area contributed by atoms with Gasteiger partial charge >= 0.3 is 6.18 Å². The lowest BCUT2D eigenvalue weighted by Gasteiger charge is -2.39. The summed E-state index contributed by atoms with van der Waals surface area (Å²) in [6.45, 7) is -0.0837. The molecule has 1 amide bonds. The van der Waals surface area contributed by atoms with Crippen LogP contribution in [0.5, 0.6) is 5.75 Å². The Morgan fingerprint density at radius 3 is 2.65 bits per heavy atom. The van der Waals surface area contributed by atoms with E-state index in [9.17, 15) is 22.8 Å². The van der Waals surface area contributed by atoms with Crippen LogP contribution in [0, 0.1) is 0 Å². The monoisotopic (exact) mass is 497 g/mol. The summed E-state index contributed by atoms with van der Waals surface area (Å²) in [7, 11) is 1.35. The topological polar surface area (TPSA) is 90.6 Å². The van der Waals surface area contributed by atoms with Gasteiger partial charge in [-0.05, 0) is 37.8 Å². The molecule has 1 aromatic carbocycles. The van der Waals surface area contributed by atoms with Crippen LogP contribution in [-0.2, 0) is 16.6 Å². The van der Waals surface area contributed by atoms with Crippen LogP contribution in [0.4, 0.5) is 30.6 Å². The van der Waals surface area contributed by atoms with Gasteiger partial charge in [0.1, 0.15) is 18.1 Å². The van der Waals surface area contributed by atoms with Crippen molar-refractivity contribution in [2.45, 2.75) is 37.3 Å². The number of methoxy groups -OCH3 is 1. The molecule has 0 bridgehead atoms. The first-order valence-corrected chi connectivity index (χ1v) is 11.4. The molecule has 1 aromatic heterocycles. The average molecular weight is 498 g/mol. The van der Waals surface area contributed by atoms with E-state index in [2.05, 4.69) is 15.3 Å². The van der Waals surface area contributed by atoms with E-state index >= 15 is 0 Å². The van der Waals surface area contributed by atoms with Gasteiger partial charge in [0.2, 0.25) is 11.9 Å². The number of aromatic nitrogens is 2. The van der Waals surface area contributed by atoms with E-state index in [0.29, 0.717) is 42.4 Å². The van der Waals surface area contributed by atoms with Gasteiger partial charge in [0.25, 0.3) is 5.56 Å². The molecule has 182 valence electrons. The molecule has 4 heterocycles. The number of amides is 1. The number of piperidine rings is 1. The Morgan fingerprint density at radius 2 is 1.97 bits per heavy atom. The summed E-state index contributed by atoms with van der Waals surface area (Å²) in [5.74, 6) is 0.460. The summed E-state index contributed by atoms with van der Waals surface area (Å²) in [5.41, 5.74) is -0.356. The molecule has 0 saturated carbocycles. The van der Waals surface area contributed by atoms with Crippen LogP contribution >= 0.6 is 11.6 Å². The standard InChI is InChI=1S/C22H23ClF3N5O3/c1-34-14-5-4-13(23)15-16(14)31(11-22(24,25)26)19(33)21(15)6-9-30(10-7-21)20-28-17-12(18(32)29-20)3-2-8-27-17/h4-5H,2-3,6-11H2,1H3,(H2,27,28,29,32). The summed E-state index contributed by atoms with van der Waals surface area (Å²) in [6, 6.07) is 3.02. The molecule has 3 aliphatic heterocycles.